The third kappa shape index (κ3) is 3.95. The Bertz CT molecular complexity index is 1460. The van der Waals surface area contributed by atoms with E-state index in [-0.39, 0.29) is 28.8 Å². The molecule has 15 heteroatoms. The number of nitrogens with two attached hydrogens (primary N) is 1. The molecule has 2 amide bonds. The van der Waals surface area contributed by atoms with Crippen molar-refractivity contribution >= 4 is 57.4 Å². The van der Waals surface area contributed by atoms with Gasteiger partial charge < -0.3 is 21.0 Å². The summed E-state index contributed by atoms with van der Waals surface area (Å²) in [5.41, 5.74) is 7.96. The number of nitrogens with zero attached hydrogens (tertiary/aromatic N) is 6. The number of carboxylic acids is 1. The first-order valence-electron chi connectivity index (χ1n) is 10.7. The van der Waals surface area contributed by atoms with Crippen molar-refractivity contribution in [2.75, 3.05) is 18.6 Å². The second kappa shape index (κ2) is 9.23. The lowest BCUT2D eigenvalue weighted by molar-refractivity contribution is -0.664. The minimum absolute atomic E-state index is 0.0770. The number of thioether (sulfide) groups is 1. The molecule has 3 aromatic rings. The molecule has 2 atom stereocenters. The van der Waals surface area contributed by atoms with Gasteiger partial charge in [-0.1, -0.05) is 15.7 Å². The minimum Gasteiger partial charge on any atom is -0.477 e. The molecule has 186 valence electrons. The van der Waals surface area contributed by atoms with Crippen LogP contribution < -0.4 is 15.6 Å². The monoisotopic (exact) mass is 529 g/mol. The molecule has 2 aliphatic rings. The van der Waals surface area contributed by atoms with E-state index in [1.54, 1.807) is 16.2 Å². The number of oxime groups is 1. The van der Waals surface area contributed by atoms with E-state index in [9.17, 15) is 19.5 Å². The molecule has 0 bridgehead atoms. The summed E-state index contributed by atoms with van der Waals surface area (Å²) in [6, 6.07) is 4.78. The number of thiazole rings is 1. The number of amides is 2. The highest BCUT2D eigenvalue weighted by molar-refractivity contribution is 8.00. The lowest BCUT2D eigenvalue weighted by Crippen LogP contribution is -2.71. The van der Waals surface area contributed by atoms with E-state index in [0.29, 0.717) is 11.3 Å². The molecule has 0 aromatic carbocycles. The number of hydrogen-bond donors (Lipinski definition) is 3. The number of nitrogens with one attached hydrogen (secondary N) is 1. The molecular weight excluding hydrogens is 508 g/mol. The number of rotatable bonds is 7. The standard InChI is InChI=1S/C21H20N8O5S2/c1-10-4-3-5-13-27(9-23-29(10)13)6-11-7-35-19-15(18(31)28(19)16(11)20(32)33)25-17(30)14(26-34-2)12-8-36-21(22)24-12/h3-5,8-9,15,19H,6-7H2,1-2H3,(H3-,22,24,25,30,32,33)/p+1/b26-14-/t15-,19+/m1/s1. The van der Waals surface area contributed by atoms with Crippen molar-refractivity contribution < 1.29 is 28.9 Å². The Morgan fingerprint density at radius 2 is 2.22 bits per heavy atom. The summed E-state index contributed by atoms with van der Waals surface area (Å²) in [5.74, 6) is -2.04. The number of carboxylic acid groups (broad SMARTS) is 1. The molecule has 5 rings (SSSR count). The normalized spacial score (nSPS) is 19.8. The maximum Gasteiger partial charge on any atom is 0.352 e. The van der Waals surface area contributed by atoms with E-state index in [1.807, 2.05) is 29.7 Å². The van der Waals surface area contributed by atoms with Gasteiger partial charge in [-0.05, 0) is 13.0 Å². The molecule has 13 nitrogen and oxygen atoms in total. The van der Waals surface area contributed by atoms with Crippen LogP contribution in [0.5, 0.6) is 0 Å². The molecule has 0 radical (unpaired) electrons. The number of aromatic nitrogens is 4. The van der Waals surface area contributed by atoms with Gasteiger partial charge in [-0.2, -0.15) is 0 Å². The third-order valence-electron chi connectivity index (χ3n) is 5.79. The Morgan fingerprint density at radius 1 is 1.42 bits per heavy atom. The van der Waals surface area contributed by atoms with E-state index in [2.05, 4.69) is 20.6 Å². The number of aliphatic carboxylic acids is 1. The largest absolute Gasteiger partial charge is 0.477 e. The number of nitrogen functional groups attached to an aromatic ring is 1. The van der Waals surface area contributed by atoms with Gasteiger partial charge in [0.2, 0.25) is 0 Å². The topological polar surface area (TPSA) is 168 Å². The highest BCUT2D eigenvalue weighted by Gasteiger charge is 2.54. The lowest BCUT2D eigenvalue weighted by atomic mass is 10.0. The molecule has 0 saturated carbocycles. The van der Waals surface area contributed by atoms with Crippen LogP contribution in [0.3, 0.4) is 0 Å². The SMILES string of the molecule is CO/N=C(\C(=O)N[C@@H]1C(=O)N2C(C(=O)O)=C(C[n+]3cnn4c(C)cccc43)CS[C@@H]12)c1csc(N)n1. The average molecular weight is 530 g/mol. The molecule has 0 spiro atoms. The molecule has 1 fully saturated rings. The van der Waals surface area contributed by atoms with Gasteiger partial charge in [0, 0.05) is 27.9 Å². The molecule has 4 N–H and O–H groups in total. The maximum atomic E-state index is 13.0. The molecule has 0 unspecified atom stereocenters. The van der Waals surface area contributed by atoms with Gasteiger partial charge in [0.1, 0.15) is 35.6 Å². The number of fused-ring (bicyclic) bond motifs is 2. The van der Waals surface area contributed by atoms with Crippen molar-refractivity contribution in [2.24, 2.45) is 5.16 Å². The van der Waals surface area contributed by atoms with Crippen LogP contribution in [0.2, 0.25) is 0 Å². The fraction of sp³-hybridized carbons (Fsp3) is 0.286. The summed E-state index contributed by atoms with van der Waals surface area (Å²) in [7, 11) is 1.28. The van der Waals surface area contributed by atoms with E-state index in [1.165, 1.54) is 23.8 Å². The summed E-state index contributed by atoms with van der Waals surface area (Å²) in [4.78, 5) is 48.2. The van der Waals surface area contributed by atoms with E-state index in [4.69, 9.17) is 10.6 Å². The van der Waals surface area contributed by atoms with Crippen molar-refractivity contribution in [1.82, 2.24) is 24.8 Å². The number of hydrogen-bond acceptors (Lipinski definition) is 10. The summed E-state index contributed by atoms with van der Waals surface area (Å²) in [6.07, 6.45) is 1.63. The Kier molecular flexibility index (Phi) is 6.09. The zero-order valence-electron chi connectivity index (χ0n) is 19.1. The highest BCUT2D eigenvalue weighted by Crippen LogP contribution is 2.40. The molecule has 5 heterocycles. The van der Waals surface area contributed by atoms with Crippen LogP contribution in [0, 0.1) is 6.92 Å². The van der Waals surface area contributed by atoms with E-state index < -0.39 is 29.2 Å². The van der Waals surface area contributed by atoms with Gasteiger partial charge in [0.15, 0.2) is 10.8 Å². The van der Waals surface area contributed by atoms with Crippen molar-refractivity contribution in [1.29, 1.82) is 0 Å². The number of carbonyl (C=O) groups is 3. The lowest BCUT2D eigenvalue weighted by Gasteiger charge is -2.49. The average Bonchev–Trinajstić information content (AvgIpc) is 3.47. The molecule has 0 aliphatic carbocycles. The van der Waals surface area contributed by atoms with Gasteiger partial charge in [-0.3, -0.25) is 14.5 Å². The van der Waals surface area contributed by atoms with Crippen LogP contribution >= 0.6 is 23.1 Å². The van der Waals surface area contributed by atoms with Gasteiger partial charge in [0.25, 0.3) is 23.8 Å². The fourth-order valence-electron chi connectivity index (χ4n) is 4.17. The van der Waals surface area contributed by atoms with Gasteiger partial charge in [0.05, 0.1) is 6.54 Å². The second-order valence-electron chi connectivity index (χ2n) is 8.01. The first kappa shape index (κ1) is 23.7. The second-order valence-corrected chi connectivity index (χ2v) is 10.0. The number of anilines is 1. The van der Waals surface area contributed by atoms with Crippen LogP contribution in [0.25, 0.3) is 5.65 Å². The van der Waals surface area contributed by atoms with E-state index in [0.717, 1.165) is 22.7 Å². The van der Waals surface area contributed by atoms with Gasteiger partial charge in [-0.15, -0.1) is 23.1 Å². The van der Waals surface area contributed by atoms with Gasteiger partial charge >= 0.3 is 5.97 Å². The predicted molar refractivity (Wildman–Crippen MR) is 130 cm³/mol. The molecule has 3 aromatic heterocycles. The summed E-state index contributed by atoms with van der Waals surface area (Å²) >= 11 is 2.51. The molecule has 36 heavy (non-hydrogen) atoms. The molecule has 2 aliphatic heterocycles. The summed E-state index contributed by atoms with van der Waals surface area (Å²) < 4.78 is 3.60. The predicted octanol–water partition coefficient (Wildman–Crippen LogP) is -0.242. The Labute approximate surface area is 212 Å². The molecular formula is C21H21N8O5S2+. The summed E-state index contributed by atoms with van der Waals surface area (Å²) in [6.45, 7) is 2.18. The van der Waals surface area contributed by atoms with Crippen LogP contribution in [0.15, 0.2) is 46.3 Å². The van der Waals surface area contributed by atoms with Crippen LogP contribution in [0.1, 0.15) is 11.4 Å². The number of aryl methyl sites for hydroxylation is 1. The van der Waals surface area contributed by atoms with Crippen molar-refractivity contribution in [2.45, 2.75) is 24.9 Å². The van der Waals surface area contributed by atoms with Crippen LogP contribution in [-0.4, -0.2) is 72.4 Å². The first-order chi connectivity index (χ1) is 17.3. The van der Waals surface area contributed by atoms with Crippen LogP contribution in [0.4, 0.5) is 5.13 Å². The summed E-state index contributed by atoms with van der Waals surface area (Å²) in [5, 5.41) is 21.9. The minimum atomic E-state index is -1.21. The zero-order chi connectivity index (χ0) is 25.6. The number of carbonyl (C=O) groups excluding carboxylic acids is 2. The van der Waals surface area contributed by atoms with Crippen molar-refractivity contribution in [3.63, 3.8) is 0 Å². The Hall–Kier alpha value is -3.98. The zero-order valence-corrected chi connectivity index (χ0v) is 20.7. The Balaban J connectivity index is 1.38. The maximum absolute atomic E-state index is 13.0. The smallest absolute Gasteiger partial charge is 0.352 e. The number of β-lactam (4-membered cyclic amide) rings is 1. The first-order valence-corrected chi connectivity index (χ1v) is 12.6. The van der Waals surface area contributed by atoms with E-state index >= 15 is 0 Å². The van der Waals surface area contributed by atoms with Crippen molar-refractivity contribution in [3.05, 3.63) is 52.6 Å². The van der Waals surface area contributed by atoms with Crippen molar-refractivity contribution in [3.8, 4) is 0 Å². The quantitative estimate of drug-likeness (QED) is 0.162. The molecule has 1 saturated heterocycles. The number of pyridine rings is 1. The third-order valence-corrected chi connectivity index (χ3v) is 7.81. The van der Waals surface area contributed by atoms with Crippen LogP contribution in [-0.2, 0) is 25.8 Å². The Morgan fingerprint density at radius 3 is 2.92 bits per heavy atom. The fourth-order valence-corrected chi connectivity index (χ4v) is 6.05. The van der Waals surface area contributed by atoms with Gasteiger partial charge in [-0.25, -0.2) is 14.3 Å². The highest BCUT2D eigenvalue weighted by atomic mass is 32.2.